The fourth-order valence-corrected chi connectivity index (χ4v) is 7.10. The molecule has 1 saturated carbocycles. The lowest BCUT2D eigenvalue weighted by Gasteiger charge is -2.33. The van der Waals surface area contributed by atoms with E-state index in [-0.39, 0.29) is 17.9 Å². The number of halogens is 1. The van der Waals surface area contributed by atoms with Crippen LogP contribution < -0.4 is 20.7 Å². The summed E-state index contributed by atoms with van der Waals surface area (Å²) >= 11 is 6.72. The highest BCUT2D eigenvalue weighted by Crippen LogP contribution is 2.34. The van der Waals surface area contributed by atoms with Gasteiger partial charge in [0, 0.05) is 55.9 Å². The number of nitrogens with one attached hydrogen (secondary N) is 3. The van der Waals surface area contributed by atoms with E-state index in [4.69, 9.17) is 16.3 Å². The number of anilines is 3. The van der Waals surface area contributed by atoms with Gasteiger partial charge < -0.3 is 25.6 Å². The number of pyridine rings is 1. The minimum Gasteiger partial charge on any atom is -0.489 e. The van der Waals surface area contributed by atoms with Gasteiger partial charge in [-0.05, 0) is 61.2 Å². The lowest BCUT2D eigenvalue weighted by molar-refractivity contribution is -0.137. The number of likely N-dealkylation sites (tertiary alicyclic amines) is 1. The van der Waals surface area contributed by atoms with Gasteiger partial charge in [-0.2, -0.15) is 0 Å². The van der Waals surface area contributed by atoms with E-state index in [1.165, 1.54) is 6.33 Å². The Morgan fingerprint density at radius 2 is 1.73 bits per heavy atom. The van der Waals surface area contributed by atoms with Gasteiger partial charge in [0.1, 0.15) is 29.8 Å². The third-order valence-corrected chi connectivity index (χ3v) is 9.81. The molecule has 3 N–H and O–H groups in total. The zero-order valence-electron chi connectivity index (χ0n) is 27.3. The van der Waals surface area contributed by atoms with Crippen molar-refractivity contribution in [2.45, 2.75) is 57.1 Å². The average molecular weight is 678 g/mol. The van der Waals surface area contributed by atoms with Gasteiger partial charge in [0.2, 0.25) is 11.8 Å². The van der Waals surface area contributed by atoms with Crippen molar-refractivity contribution in [3.8, 4) is 5.75 Å². The number of aromatic nitrogens is 3. The number of benzene rings is 2. The Bertz CT molecular complexity index is 1770. The van der Waals surface area contributed by atoms with Gasteiger partial charge in [-0.1, -0.05) is 60.8 Å². The molecule has 2 amide bonds. The number of piperidine rings is 1. The summed E-state index contributed by atoms with van der Waals surface area (Å²) in [4.78, 5) is 42.1. The van der Waals surface area contributed by atoms with E-state index in [1.54, 1.807) is 6.20 Å². The highest BCUT2D eigenvalue weighted by Gasteiger charge is 2.31. The normalized spacial score (nSPS) is 17.2. The first kappa shape index (κ1) is 32.6. The minimum atomic E-state index is -0.411. The van der Waals surface area contributed by atoms with Gasteiger partial charge in [-0.3, -0.25) is 14.6 Å². The predicted molar refractivity (Wildman–Crippen MR) is 191 cm³/mol. The molecule has 0 radical (unpaired) electrons. The van der Waals surface area contributed by atoms with Gasteiger partial charge in [0.15, 0.2) is 0 Å². The molecule has 4 heterocycles. The fraction of sp³-hybridized carbons (Fsp3) is 0.342. The first-order valence-electron chi connectivity index (χ1n) is 17.1. The quantitative estimate of drug-likeness (QED) is 0.174. The molecule has 2 aromatic heterocycles. The second-order valence-corrected chi connectivity index (χ2v) is 13.2. The van der Waals surface area contributed by atoms with Crippen molar-refractivity contribution in [2.75, 3.05) is 30.3 Å². The van der Waals surface area contributed by atoms with Crippen molar-refractivity contribution in [3.63, 3.8) is 0 Å². The van der Waals surface area contributed by atoms with Crippen molar-refractivity contribution in [1.29, 1.82) is 0 Å². The van der Waals surface area contributed by atoms with Crippen LogP contribution in [0.1, 0.15) is 67.8 Å². The SMILES string of the molecule is O=C(NC(c1ccccc1)c1ccccn1)C1=Cc2c(ncnc2Nc2ccc(OC3CCN(C(=O)C4CCCC4)CC3)c(Cl)c2)NCC1. The largest absolute Gasteiger partial charge is 0.489 e. The van der Waals surface area contributed by atoms with E-state index in [9.17, 15) is 9.59 Å². The maximum atomic E-state index is 13.8. The van der Waals surface area contributed by atoms with Crippen molar-refractivity contribution in [2.24, 2.45) is 5.92 Å². The first-order valence-corrected chi connectivity index (χ1v) is 17.5. The molecule has 49 heavy (non-hydrogen) atoms. The number of ether oxygens (including phenoxy) is 1. The number of fused-ring (bicyclic) bond motifs is 1. The highest BCUT2D eigenvalue weighted by molar-refractivity contribution is 6.32. The van der Waals surface area contributed by atoms with Crippen LogP contribution in [0.3, 0.4) is 0 Å². The molecule has 2 fully saturated rings. The molecular weight excluding hydrogens is 638 g/mol. The van der Waals surface area contributed by atoms with E-state index >= 15 is 0 Å². The molecule has 3 aliphatic rings. The summed E-state index contributed by atoms with van der Waals surface area (Å²) in [5.74, 6) is 2.10. The monoisotopic (exact) mass is 677 g/mol. The van der Waals surface area contributed by atoms with Crippen molar-refractivity contribution < 1.29 is 14.3 Å². The van der Waals surface area contributed by atoms with Gasteiger partial charge in [0.05, 0.1) is 22.3 Å². The molecule has 10 nitrogen and oxygen atoms in total. The Morgan fingerprint density at radius 3 is 2.49 bits per heavy atom. The summed E-state index contributed by atoms with van der Waals surface area (Å²) in [6.07, 6.45) is 11.5. The smallest absolute Gasteiger partial charge is 0.248 e. The number of carbonyl (C=O) groups excluding carboxylic acids is 2. The van der Waals surface area contributed by atoms with E-state index < -0.39 is 6.04 Å². The zero-order chi connectivity index (χ0) is 33.6. The molecule has 2 aromatic carbocycles. The van der Waals surface area contributed by atoms with Crippen molar-refractivity contribution in [1.82, 2.24) is 25.2 Å². The van der Waals surface area contributed by atoms with E-state index in [0.717, 1.165) is 55.5 Å². The van der Waals surface area contributed by atoms with E-state index in [2.05, 4.69) is 30.9 Å². The molecule has 1 aliphatic carbocycles. The van der Waals surface area contributed by atoms with Crippen LogP contribution in [-0.2, 0) is 9.59 Å². The second kappa shape index (κ2) is 15.1. The van der Waals surface area contributed by atoms with Crippen LogP contribution in [-0.4, -0.2) is 57.4 Å². The minimum absolute atomic E-state index is 0.00140. The summed E-state index contributed by atoms with van der Waals surface area (Å²) in [5, 5.41) is 10.4. The number of hydrogen-bond donors (Lipinski definition) is 3. The summed E-state index contributed by atoms with van der Waals surface area (Å²) in [7, 11) is 0. The average Bonchev–Trinajstić information content (AvgIpc) is 3.59. The lowest BCUT2D eigenvalue weighted by atomic mass is 10.0. The number of nitrogens with zero attached hydrogens (tertiary/aromatic N) is 4. The maximum Gasteiger partial charge on any atom is 0.248 e. The molecule has 4 aromatic rings. The van der Waals surface area contributed by atoms with Crippen LogP contribution in [0.5, 0.6) is 5.75 Å². The van der Waals surface area contributed by atoms with Gasteiger partial charge in [-0.25, -0.2) is 9.97 Å². The third kappa shape index (κ3) is 7.70. The summed E-state index contributed by atoms with van der Waals surface area (Å²) in [6.45, 7) is 1.97. The Labute approximate surface area is 291 Å². The van der Waals surface area contributed by atoms with Crippen LogP contribution in [0, 0.1) is 5.92 Å². The number of amides is 2. The standard InChI is InChI=1S/C38H40ClN7O3/c39-31-23-28(13-14-33(31)49-29-16-20-46(21-17-29)38(48)26-10-4-5-11-26)44-36-30-22-27(15-19-41-35(30)42-24-43-36)37(47)45-34(25-8-2-1-3-9-25)32-12-6-7-18-40-32/h1-3,6-9,12-14,18,22-24,26,29,34H,4-5,10-11,15-17,19-21H2,(H,45,47)(H2,41,42,43,44). The number of carbonyl (C=O) groups is 2. The van der Waals surface area contributed by atoms with Gasteiger partial charge in [0.25, 0.3) is 0 Å². The highest BCUT2D eigenvalue weighted by atomic mass is 35.5. The third-order valence-electron chi connectivity index (χ3n) is 9.52. The number of rotatable bonds is 9. The van der Waals surface area contributed by atoms with Crippen LogP contribution in [0.4, 0.5) is 17.3 Å². The molecule has 1 saturated heterocycles. The van der Waals surface area contributed by atoms with E-state index in [1.807, 2.05) is 77.7 Å². The maximum absolute atomic E-state index is 13.8. The predicted octanol–water partition coefficient (Wildman–Crippen LogP) is 6.93. The van der Waals surface area contributed by atoms with Gasteiger partial charge >= 0.3 is 0 Å². The molecule has 2 aliphatic heterocycles. The fourth-order valence-electron chi connectivity index (χ4n) is 6.87. The molecule has 1 unspecified atom stereocenters. The molecule has 7 rings (SSSR count). The van der Waals surface area contributed by atoms with Crippen molar-refractivity contribution >= 4 is 46.8 Å². The Balaban J connectivity index is 1.04. The van der Waals surface area contributed by atoms with Crippen LogP contribution in [0.15, 0.2) is 84.8 Å². The lowest BCUT2D eigenvalue weighted by Crippen LogP contribution is -2.44. The molecule has 0 spiro atoms. The summed E-state index contributed by atoms with van der Waals surface area (Å²) in [6, 6.07) is 20.7. The molecule has 252 valence electrons. The zero-order valence-corrected chi connectivity index (χ0v) is 28.0. The summed E-state index contributed by atoms with van der Waals surface area (Å²) < 4.78 is 6.30. The topological polar surface area (TPSA) is 121 Å². The van der Waals surface area contributed by atoms with Crippen LogP contribution in [0.25, 0.3) is 6.08 Å². The van der Waals surface area contributed by atoms with E-state index in [0.29, 0.717) is 65.5 Å². The van der Waals surface area contributed by atoms with Crippen LogP contribution >= 0.6 is 11.6 Å². The molecule has 0 bridgehead atoms. The Morgan fingerprint density at radius 1 is 0.939 bits per heavy atom. The Kier molecular flexibility index (Phi) is 10.0. The molecule has 11 heteroatoms. The summed E-state index contributed by atoms with van der Waals surface area (Å²) in [5.41, 5.74) is 3.69. The Hall–Kier alpha value is -4.96. The van der Waals surface area contributed by atoms with Crippen molar-refractivity contribution in [3.05, 3.63) is 107 Å². The molecule has 1 atom stereocenters. The number of hydrogen-bond acceptors (Lipinski definition) is 8. The van der Waals surface area contributed by atoms with Crippen LogP contribution in [0.2, 0.25) is 5.02 Å². The molecular formula is C38H40ClN7O3. The first-order chi connectivity index (χ1) is 24.0. The second-order valence-electron chi connectivity index (χ2n) is 12.8. The van der Waals surface area contributed by atoms with Gasteiger partial charge in [-0.15, -0.1) is 0 Å².